The van der Waals surface area contributed by atoms with Crippen LogP contribution in [0.2, 0.25) is 0 Å². The smallest absolute Gasteiger partial charge is 0.216 e. The second-order valence-electron chi connectivity index (χ2n) is 3.55. The van der Waals surface area contributed by atoms with E-state index in [1.165, 1.54) is 4.31 Å². The highest BCUT2D eigenvalue weighted by molar-refractivity contribution is 7.89. The lowest BCUT2D eigenvalue weighted by Crippen LogP contribution is -2.36. The summed E-state index contributed by atoms with van der Waals surface area (Å²) in [5.74, 6) is 0.0609. The van der Waals surface area contributed by atoms with Gasteiger partial charge >= 0.3 is 0 Å². The van der Waals surface area contributed by atoms with Gasteiger partial charge in [0.05, 0.1) is 12.4 Å². The Kier molecular flexibility index (Phi) is 8.83. The highest BCUT2D eigenvalue weighted by Gasteiger charge is 2.20. The summed E-state index contributed by atoms with van der Waals surface area (Å²) in [6.45, 7) is 6.22. The molecule has 0 saturated carbocycles. The van der Waals surface area contributed by atoms with Crippen LogP contribution >= 0.6 is 0 Å². The summed E-state index contributed by atoms with van der Waals surface area (Å²) >= 11 is 0. The van der Waals surface area contributed by atoms with Crippen LogP contribution in [0.25, 0.3) is 0 Å². The van der Waals surface area contributed by atoms with E-state index in [1.807, 2.05) is 13.8 Å². The van der Waals surface area contributed by atoms with Gasteiger partial charge in [-0.1, -0.05) is 6.92 Å². The Hall–Kier alpha value is -0.170. The summed E-state index contributed by atoms with van der Waals surface area (Å²) in [5.41, 5.74) is 5.39. The quantitative estimate of drug-likeness (QED) is 0.572. The molecule has 0 aliphatic carbocycles. The van der Waals surface area contributed by atoms with E-state index < -0.39 is 10.0 Å². The molecule has 0 aromatic heterocycles. The Labute approximate surface area is 99.0 Å². The van der Waals surface area contributed by atoms with Crippen LogP contribution in [0.15, 0.2) is 0 Å². The highest BCUT2D eigenvalue weighted by atomic mass is 32.2. The predicted molar refractivity (Wildman–Crippen MR) is 65.8 cm³/mol. The van der Waals surface area contributed by atoms with E-state index in [1.54, 1.807) is 0 Å². The Morgan fingerprint density at radius 1 is 1.25 bits per heavy atom. The molecule has 0 heterocycles. The molecule has 0 aliphatic rings. The zero-order valence-electron chi connectivity index (χ0n) is 10.3. The van der Waals surface area contributed by atoms with Crippen LogP contribution in [0.3, 0.4) is 0 Å². The first kappa shape index (κ1) is 15.8. The molecule has 6 heteroatoms. The van der Waals surface area contributed by atoms with E-state index in [0.29, 0.717) is 32.7 Å². The van der Waals surface area contributed by atoms with Crippen LogP contribution in [-0.2, 0) is 14.8 Å². The molecule has 0 fully saturated rings. The minimum absolute atomic E-state index is 0.0609. The van der Waals surface area contributed by atoms with Crippen LogP contribution in [-0.4, -0.2) is 51.3 Å². The van der Waals surface area contributed by atoms with Crippen molar-refractivity contribution in [2.75, 3.05) is 38.6 Å². The fourth-order valence-corrected chi connectivity index (χ4v) is 2.80. The van der Waals surface area contributed by atoms with Crippen molar-refractivity contribution in [2.24, 2.45) is 5.73 Å². The summed E-state index contributed by atoms with van der Waals surface area (Å²) in [7, 11) is -3.18. The zero-order chi connectivity index (χ0) is 12.4. The van der Waals surface area contributed by atoms with Crippen LogP contribution in [0.4, 0.5) is 0 Å². The Morgan fingerprint density at radius 2 is 1.94 bits per heavy atom. The second-order valence-corrected chi connectivity index (χ2v) is 5.64. The van der Waals surface area contributed by atoms with Gasteiger partial charge in [-0.15, -0.1) is 0 Å². The molecule has 0 atom stereocenters. The lowest BCUT2D eigenvalue weighted by molar-refractivity contribution is 0.162. The van der Waals surface area contributed by atoms with Crippen molar-refractivity contribution in [3.05, 3.63) is 0 Å². The number of sulfonamides is 1. The van der Waals surface area contributed by atoms with Crippen LogP contribution in [0.5, 0.6) is 0 Å². The first-order valence-corrected chi connectivity index (χ1v) is 7.45. The minimum atomic E-state index is -3.18. The molecule has 0 saturated heterocycles. The number of nitrogens with two attached hydrogens (primary N) is 1. The average molecular weight is 252 g/mol. The second kappa shape index (κ2) is 8.92. The van der Waals surface area contributed by atoms with Gasteiger partial charge in [-0.3, -0.25) is 0 Å². The molecule has 2 N–H and O–H groups in total. The number of hydrogen-bond donors (Lipinski definition) is 1. The number of nitrogens with zero attached hydrogens (tertiary/aromatic N) is 1. The van der Waals surface area contributed by atoms with Crippen molar-refractivity contribution in [1.82, 2.24) is 4.31 Å². The zero-order valence-corrected chi connectivity index (χ0v) is 11.1. The number of hydrogen-bond acceptors (Lipinski definition) is 4. The van der Waals surface area contributed by atoms with Gasteiger partial charge < -0.3 is 10.5 Å². The van der Waals surface area contributed by atoms with Gasteiger partial charge in [0.1, 0.15) is 0 Å². The van der Waals surface area contributed by atoms with Crippen molar-refractivity contribution in [3.8, 4) is 0 Å². The van der Waals surface area contributed by atoms with E-state index in [0.717, 1.165) is 6.42 Å². The van der Waals surface area contributed by atoms with Gasteiger partial charge in [0.2, 0.25) is 10.0 Å². The molecule has 0 aromatic rings. The van der Waals surface area contributed by atoms with Crippen LogP contribution < -0.4 is 5.73 Å². The molecule has 0 rings (SSSR count). The molecular weight excluding hydrogens is 228 g/mol. The molecule has 5 nitrogen and oxygen atoms in total. The van der Waals surface area contributed by atoms with Gasteiger partial charge in [0.15, 0.2) is 0 Å². The normalized spacial score (nSPS) is 12.2. The fraction of sp³-hybridized carbons (Fsp3) is 1.00. The predicted octanol–water partition coefficient (Wildman–Crippen LogP) is 0.414. The van der Waals surface area contributed by atoms with Gasteiger partial charge in [0.25, 0.3) is 0 Å². The molecule has 16 heavy (non-hydrogen) atoms. The number of ether oxygens (including phenoxy) is 1. The molecule has 98 valence electrons. The summed E-state index contributed by atoms with van der Waals surface area (Å²) in [5, 5.41) is 0. The summed E-state index contributed by atoms with van der Waals surface area (Å²) in [6, 6.07) is 0. The highest BCUT2D eigenvalue weighted by Crippen LogP contribution is 2.04. The van der Waals surface area contributed by atoms with Crippen molar-refractivity contribution >= 4 is 10.0 Å². The van der Waals surface area contributed by atoms with Gasteiger partial charge in [-0.25, -0.2) is 12.7 Å². The molecule has 0 radical (unpaired) electrons. The van der Waals surface area contributed by atoms with Crippen LogP contribution in [0, 0.1) is 0 Å². The molecule has 0 amide bonds. The molecular formula is C10H24N2O3S. The molecule has 0 aromatic carbocycles. The largest absolute Gasteiger partial charge is 0.381 e. The lowest BCUT2D eigenvalue weighted by Gasteiger charge is -2.21. The van der Waals surface area contributed by atoms with Crippen LogP contribution in [0.1, 0.15) is 26.7 Å². The van der Waals surface area contributed by atoms with Crippen molar-refractivity contribution in [1.29, 1.82) is 0 Å². The third kappa shape index (κ3) is 6.42. The Balaban J connectivity index is 4.25. The Morgan fingerprint density at radius 3 is 2.44 bits per heavy atom. The summed E-state index contributed by atoms with van der Waals surface area (Å²) in [6.07, 6.45) is 1.52. The maximum absolute atomic E-state index is 11.9. The van der Waals surface area contributed by atoms with Crippen molar-refractivity contribution < 1.29 is 13.2 Å². The molecule has 0 spiro atoms. The van der Waals surface area contributed by atoms with Gasteiger partial charge in [-0.2, -0.15) is 0 Å². The van der Waals surface area contributed by atoms with Gasteiger partial charge in [-0.05, 0) is 26.3 Å². The average Bonchev–Trinajstić information content (AvgIpc) is 2.24. The molecule has 0 bridgehead atoms. The maximum atomic E-state index is 11.9. The lowest BCUT2D eigenvalue weighted by atomic mass is 10.4. The van der Waals surface area contributed by atoms with E-state index in [9.17, 15) is 8.42 Å². The fourth-order valence-electron chi connectivity index (χ4n) is 1.34. The van der Waals surface area contributed by atoms with E-state index >= 15 is 0 Å². The topological polar surface area (TPSA) is 72.6 Å². The number of rotatable bonds is 10. The Bertz CT molecular complexity index is 255. The SMILES string of the molecule is CCCN(CCCN)S(=O)(=O)CCOCC. The van der Waals surface area contributed by atoms with Crippen molar-refractivity contribution in [2.45, 2.75) is 26.7 Å². The first-order chi connectivity index (χ1) is 7.58. The maximum Gasteiger partial charge on any atom is 0.216 e. The van der Waals surface area contributed by atoms with E-state index in [-0.39, 0.29) is 12.4 Å². The van der Waals surface area contributed by atoms with Crippen molar-refractivity contribution in [3.63, 3.8) is 0 Å². The van der Waals surface area contributed by atoms with Gasteiger partial charge in [0, 0.05) is 19.7 Å². The molecule has 0 aliphatic heterocycles. The molecule has 0 unspecified atom stereocenters. The monoisotopic (exact) mass is 252 g/mol. The van der Waals surface area contributed by atoms with E-state index in [4.69, 9.17) is 10.5 Å². The standard InChI is InChI=1S/C10H24N2O3S/c1-3-7-12(8-5-6-11)16(13,14)10-9-15-4-2/h3-11H2,1-2H3. The third-order valence-corrected chi connectivity index (χ3v) is 4.00. The minimum Gasteiger partial charge on any atom is -0.381 e. The summed E-state index contributed by atoms with van der Waals surface area (Å²) in [4.78, 5) is 0. The van der Waals surface area contributed by atoms with E-state index in [2.05, 4.69) is 0 Å². The third-order valence-electron chi connectivity index (χ3n) is 2.17. The first-order valence-electron chi connectivity index (χ1n) is 5.84. The summed E-state index contributed by atoms with van der Waals surface area (Å²) < 4.78 is 30.4.